The maximum atomic E-state index is 12.1. The van der Waals surface area contributed by atoms with Gasteiger partial charge in [-0.05, 0) is 31.0 Å². The van der Waals surface area contributed by atoms with E-state index in [9.17, 15) is 14.4 Å². The summed E-state index contributed by atoms with van der Waals surface area (Å²) in [6.45, 7) is 0.0447. The van der Waals surface area contributed by atoms with E-state index in [1.165, 1.54) is 6.07 Å². The number of fused-ring (bicyclic) bond motifs is 1. The molecule has 0 spiro atoms. The van der Waals surface area contributed by atoms with Gasteiger partial charge in [-0.1, -0.05) is 34.5 Å². The number of carbonyl (C=O) groups excluding carboxylic acids is 2. The Morgan fingerprint density at radius 1 is 1.12 bits per heavy atom. The third-order valence-electron chi connectivity index (χ3n) is 5.22. The van der Waals surface area contributed by atoms with Crippen molar-refractivity contribution in [1.29, 1.82) is 0 Å². The monoisotopic (exact) mass is 500 g/mol. The summed E-state index contributed by atoms with van der Waals surface area (Å²) >= 11 is 13.7. The fourth-order valence-electron chi connectivity index (χ4n) is 3.75. The number of aromatic amines is 1. The molecule has 32 heavy (non-hydrogen) atoms. The Hall–Kier alpha value is -2.30. The Bertz CT molecular complexity index is 1040. The first-order valence-electron chi connectivity index (χ1n) is 10.2. The molecule has 172 valence electrons. The number of thioether (sulfide) groups is 1. The van der Waals surface area contributed by atoms with Crippen molar-refractivity contribution in [3.8, 4) is 5.75 Å². The van der Waals surface area contributed by atoms with Crippen LogP contribution in [-0.2, 0) is 11.4 Å². The molecule has 2 aliphatic rings. The zero-order valence-electron chi connectivity index (χ0n) is 16.9. The van der Waals surface area contributed by atoms with Gasteiger partial charge in [-0.25, -0.2) is 9.59 Å². The van der Waals surface area contributed by atoms with Gasteiger partial charge < -0.3 is 20.2 Å². The first-order chi connectivity index (χ1) is 15.4. The highest BCUT2D eigenvalue weighted by Crippen LogP contribution is 2.33. The molecule has 2 saturated heterocycles. The number of benzene rings is 1. The Morgan fingerprint density at radius 2 is 1.91 bits per heavy atom. The molecule has 3 atom stereocenters. The Kier molecular flexibility index (Phi) is 7.22. The molecule has 2 amide bonds. The third kappa shape index (κ3) is 5.73. The molecule has 2 fully saturated rings. The van der Waals surface area contributed by atoms with Crippen LogP contribution in [0, 0.1) is 0 Å². The molecule has 0 bridgehead atoms. The Labute approximate surface area is 198 Å². The van der Waals surface area contributed by atoms with Gasteiger partial charge in [0, 0.05) is 33.5 Å². The zero-order valence-corrected chi connectivity index (χ0v) is 19.3. The van der Waals surface area contributed by atoms with Crippen molar-refractivity contribution in [2.45, 2.75) is 49.6 Å². The summed E-state index contributed by atoms with van der Waals surface area (Å²) in [7, 11) is 0. The molecule has 4 rings (SSSR count). The van der Waals surface area contributed by atoms with Crippen LogP contribution in [-0.4, -0.2) is 45.0 Å². The number of hydrogen-bond donors (Lipinski definition) is 3. The number of halogens is 2. The molecular formula is C20H22Cl2N4O5S. The third-order valence-corrected chi connectivity index (χ3v) is 7.17. The number of aromatic nitrogens is 2. The summed E-state index contributed by atoms with van der Waals surface area (Å²) < 4.78 is 5.57. The SMILES string of the molecule is O=C1N[C@H]2[C@H](CS[C@H]2CCCCC(=O)On2[nH]c(COc3cc(Cl)cc(Cl)c3)cc2=O)N1. The average molecular weight is 501 g/mol. The van der Waals surface area contributed by atoms with Crippen molar-refractivity contribution >= 4 is 47.0 Å². The summed E-state index contributed by atoms with van der Waals surface area (Å²) in [5.74, 6) is 0.853. The standard InChI is InChI=1S/C20H22Cl2N4O5S/c21-11-5-12(22)7-14(6-11)30-9-13-8-17(27)26(25-13)31-18(28)4-2-1-3-16-19-15(10-32-16)23-20(29)24-19/h5-8,15-16,19,25H,1-4,9-10H2,(H2,23,24,29)/t15-,16-,19-/m0/s1. The van der Waals surface area contributed by atoms with Gasteiger partial charge in [-0.2, -0.15) is 11.8 Å². The van der Waals surface area contributed by atoms with E-state index in [1.807, 2.05) is 11.8 Å². The van der Waals surface area contributed by atoms with E-state index >= 15 is 0 Å². The van der Waals surface area contributed by atoms with Gasteiger partial charge in [-0.3, -0.25) is 9.89 Å². The average Bonchev–Trinajstić information content (AvgIpc) is 3.38. The lowest BCUT2D eigenvalue weighted by atomic mass is 10.0. The van der Waals surface area contributed by atoms with Crippen LogP contribution in [0.5, 0.6) is 5.75 Å². The van der Waals surface area contributed by atoms with Crippen molar-refractivity contribution in [2.24, 2.45) is 0 Å². The number of H-pyrrole nitrogens is 1. The van der Waals surface area contributed by atoms with Crippen molar-refractivity contribution in [1.82, 2.24) is 20.6 Å². The second-order valence-electron chi connectivity index (χ2n) is 7.64. The molecule has 1 aromatic carbocycles. The van der Waals surface area contributed by atoms with Crippen molar-refractivity contribution in [2.75, 3.05) is 5.75 Å². The fraction of sp³-hybridized carbons (Fsp3) is 0.450. The molecular weight excluding hydrogens is 479 g/mol. The second kappa shape index (κ2) is 10.1. The highest BCUT2D eigenvalue weighted by atomic mass is 35.5. The van der Waals surface area contributed by atoms with Crippen molar-refractivity contribution in [3.63, 3.8) is 0 Å². The summed E-state index contributed by atoms with van der Waals surface area (Å²) in [6.07, 6.45) is 2.55. The fourth-order valence-corrected chi connectivity index (χ4v) is 5.80. The van der Waals surface area contributed by atoms with Crippen LogP contribution >= 0.6 is 35.0 Å². The number of ether oxygens (including phenoxy) is 1. The predicted octanol–water partition coefficient (Wildman–Crippen LogP) is 2.74. The maximum absolute atomic E-state index is 12.1. The molecule has 0 aliphatic carbocycles. The van der Waals surface area contributed by atoms with E-state index in [-0.39, 0.29) is 31.1 Å². The molecule has 0 saturated carbocycles. The molecule has 2 aromatic rings. The van der Waals surface area contributed by atoms with Crippen molar-refractivity contribution < 1.29 is 19.2 Å². The largest absolute Gasteiger partial charge is 0.487 e. The van der Waals surface area contributed by atoms with E-state index in [4.69, 9.17) is 32.8 Å². The smallest absolute Gasteiger partial charge is 0.335 e. The van der Waals surface area contributed by atoms with Crippen LogP contribution < -0.4 is 25.8 Å². The van der Waals surface area contributed by atoms with Crippen LogP contribution in [0.15, 0.2) is 29.1 Å². The highest BCUT2D eigenvalue weighted by Gasteiger charge is 2.42. The summed E-state index contributed by atoms with van der Waals surface area (Å²) in [4.78, 5) is 41.5. The lowest BCUT2D eigenvalue weighted by Gasteiger charge is -2.16. The predicted molar refractivity (Wildman–Crippen MR) is 121 cm³/mol. The molecule has 0 radical (unpaired) electrons. The highest BCUT2D eigenvalue weighted by molar-refractivity contribution is 8.00. The number of carbonyl (C=O) groups is 2. The van der Waals surface area contributed by atoms with Gasteiger partial charge in [0.15, 0.2) is 0 Å². The van der Waals surface area contributed by atoms with Gasteiger partial charge in [0.1, 0.15) is 12.4 Å². The lowest BCUT2D eigenvalue weighted by Crippen LogP contribution is -2.36. The second-order valence-corrected chi connectivity index (χ2v) is 9.78. The topological polar surface area (TPSA) is 114 Å². The van der Waals surface area contributed by atoms with E-state index in [0.29, 0.717) is 33.2 Å². The first-order valence-corrected chi connectivity index (χ1v) is 12.0. The summed E-state index contributed by atoms with van der Waals surface area (Å²) in [5.41, 5.74) is -0.0714. The molecule has 2 aliphatic heterocycles. The summed E-state index contributed by atoms with van der Waals surface area (Å²) in [6, 6.07) is 6.31. The number of hydrogen-bond acceptors (Lipinski definition) is 6. The number of rotatable bonds is 9. The van der Waals surface area contributed by atoms with E-state index < -0.39 is 11.5 Å². The minimum Gasteiger partial charge on any atom is -0.487 e. The molecule has 3 N–H and O–H groups in total. The van der Waals surface area contributed by atoms with E-state index in [2.05, 4.69) is 15.7 Å². The molecule has 1 aromatic heterocycles. The van der Waals surface area contributed by atoms with Crippen molar-refractivity contribution in [3.05, 3.63) is 50.4 Å². The van der Waals surface area contributed by atoms with E-state index in [0.717, 1.165) is 23.4 Å². The van der Waals surface area contributed by atoms with Gasteiger partial charge in [0.25, 0.3) is 0 Å². The first kappa shape index (κ1) is 22.9. The molecule has 3 heterocycles. The quantitative estimate of drug-likeness (QED) is 0.360. The number of urea groups is 1. The molecule has 0 unspecified atom stereocenters. The maximum Gasteiger partial charge on any atom is 0.335 e. The number of nitrogens with one attached hydrogen (secondary N) is 3. The minimum absolute atomic E-state index is 0.0447. The molecule has 9 nitrogen and oxygen atoms in total. The van der Waals surface area contributed by atoms with Crippen LogP contribution in [0.4, 0.5) is 4.79 Å². The van der Waals surface area contributed by atoms with Gasteiger partial charge in [0.2, 0.25) is 0 Å². The van der Waals surface area contributed by atoms with Crippen LogP contribution in [0.1, 0.15) is 31.4 Å². The van der Waals surface area contributed by atoms with Crippen LogP contribution in [0.3, 0.4) is 0 Å². The van der Waals surface area contributed by atoms with E-state index in [1.54, 1.807) is 18.2 Å². The normalized spacial score (nSPS) is 21.7. The Morgan fingerprint density at radius 3 is 2.69 bits per heavy atom. The number of amides is 2. The zero-order chi connectivity index (χ0) is 22.7. The van der Waals surface area contributed by atoms with Crippen LogP contribution in [0.25, 0.3) is 0 Å². The number of nitrogens with zero attached hydrogens (tertiary/aromatic N) is 1. The number of unbranched alkanes of at least 4 members (excludes halogenated alkanes) is 1. The van der Waals surface area contributed by atoms with Gasteiger partial charge >= 0.3 is 17.6 Å². The summed E-state index contributed by atoms with van der Waals surface area (Å²) in [5, 5.41) is 9.77. The van der Waals surface area contributed by atoms with Gasteiger partial charge in [0.05, 0.1) is 17.8 Å². The lowest BCUT2D eigenvalue weighted by molar-refractivity contribution is -0.146. The molecule has 12 heteroatoms. The Balaban J connectivity index is 1.19. The minimum atomic E-state index is -0.504. The van der Waals surface area contributed by atoms with Gasteiger partial charge in [-0.15, -0.1) is 0 Å². The van der Waals surface area contributed by atoms with Crippen LogP contribution in [0.2, 0.25) is 10.0 Å².